The number of benzene rings is 1. The largest absolute Gasteiger partial charge is 0.268 e. The van der Waals surface area contributed by atoms with Crippen LogP contribution < -0.4 is 5.56 Å². The first-order chi connectivity index (χ1) is 7.61. The molecule has 0 fully saturated rings. The standard InChI is InChI=1S/C11H10Cl2N2O/c1-2-8-6-11(16)14-15(8)10-4-3-7(12)5-9(10)13/h3-6H,2H2,1H3,(H,14,16). The summed E-state index contributed by atoms with van der Waals surface area (Å²) in [6.45, 7) is 1.98. The van der Waals surface area contributed by atoms with E-state index in [9.17, 15) is 4.79 Å². The zero-order valence-electron chi connectivity index (χ0n) is 8.63. The summed E-state index contributed by atoms with van der Waals surface area (Å²) in [6, 6.07) is 6.72. The molecule has 1 heterocycles. The van der Waals surface area contributed by atoms with Gasteiger partial charge in [0.2, 0.25) is 0 Å². The molecule has 0 amide bonds. The Morgan fingerprint density at radius 2 is 2.06 bits per heavy atom. The first-order valence-corrected chi connectivity index (χ1v) is 5.63. The Labute approximate surface area is 103 Å². The van der Waals surface area contributed by atoms with Gasteiger partial charge in [0.1, 0.15) is 0 Å². The molecule has 1 N–H and O–H groups in total. The highest BCUT2D eigenvalue weighted by Crippen LogP contribution is 2.24. The molecule has 2 rings (SSSR count). The second-order valence-electron chi connectivity index (χ2n) is 3.40. The Hall–Kier alpha value is -1.19. The van der Waals surface area contributed by atoms with Gasteiger partial charge in [-0.3, -0.25) is 14.6 Å². The molecule has 0 aliphatic rings. The van der Waals surface area contributed by atoms with Gasteiger partial charge in [-0.05, 0) is 24.6 Å². The van der Waals surface area contributed by atoms with E-state index in [0.29, 0.717) is 10.0 Å². The molecule has 0 aliphatic carbocycles. The second-order valence-corrected chi connectivity index (χ2v) is 4.24. The van der Waals surface area contributed by atoms with Gasteiger partial charge in [-0.25, -0.2) is 0 Å². The Morgan fingerprint density at radius 1 is 1.31 bits per heavy atom. The molecule has 0 saturated carbocycles. The van der Waals surface area contributed by atoms with Crippen LogP contribution in [0.5, 0.6) is 0 Å². The van der Waals surface area contributed by atoms with Crippen molar-refractivity contribution in [3.8, 4) is 5.69 Å². The summed E-state index contributed by atoms with van der Waals surface area (Å²) in [4.78, 5) is 11.3. The molecule has 0 radical (unpaired) electrons. The molecule has 0 saturated heterocycles. The SMILES string of the molecule is CCc1cc(=O)[nH]n1-c1ccc(Cl)cc1Cl. The van der Waals surface area contributed by atoms with Gasteiger partial charge in [-0.15, -0.1) is 0 Å². The highest BCUT2D eigenvalue weighted by molar-refractivity contribution is 6.35. The lowest BCUT2D eigenvalue weighted by molar-refractivity contribution is 0.805. The molecule has 0 spiro atoms. The van der Waals surface area contributed by atoms with Gasteiger partial charge in [0.15, 0.2) is 0 Å². The van der Waals surface area contributed by atoms with Crippen LogP contribution in [0.4, 0.5) is 0 Å². The predicted molar refractivity (Wildman–Crippen MR) is 65.8 cm³/mol. The smallest absolute Gasteiger partial charge is 0.264 e. The van der Waals surface area contributed by atoms with Crippen LogP contribution in [0.25, 0.3) is 5.69 Å². The fraction of sp³-hybridized carbons (Fsp3) is 0.182. The lowest BCUT2D eigenvalue weighted by atomic mass is 10.3. The molecule has 16 heavy (non-hydrogen) atoms. The van der Waals surface area contributed by atoms with Crippen LogP contribution in [0.3, 0.4) is 0 Å². The number of H-pyrrole nitrogens is 1. The van der Waals surface area contributed by atoms with Crippen molar-refractivity contribution in [3.63, 3.8) is 0 Å². The number of aryl methyl sites for hydroxylation is 1. The molecule has 0 bridgehead atoms. The van der Waals surface area contributed by atoms with Crippen LogP contribution in [0, 0.1) is 0 Å². The third kappa shape index (κ3) is 2.01. The first-order valence-electron chi connectivity index (χ1n) is 4.88. The molecule has 0 unspecified atom stereocenters. The molecule has 0 aliphatic heterocycles. The van der Waals surface area contributed by atoms with Gasteiger partial charge in [0.05, 0.1) is 10.7 Å². The van der Waals surface area contributed by atoms with E-state index in [4.69, 9.17) is 23.2 Å². The number of rotatable bonds is 2. The van der Waals surface area contributed by atoms with Crippen molar-refractivity contribution in [2.24, 2.45) is 0 Å². The molecular weight excluding hydrogens is 247 g/mol. The van der Waals surface area contributed by atoms with Crippen molar-refractivity contribution in [1.82, 2.24) is 9.78 Å². The van der Waals surface area contributed by atoms with E-state index >= 15 is 0 Å². The second kappa shape index (κ2) is 4.36. The van der Waals surface area contributed by atoms with Crippen molar-refractivity contribution in [2.45, 2.75) is 13.3 Å². The van der Waals surface area contributed by atoms with Crippen LogP contribution in [0.2, 0.25) is 10.0 Å². The molecule has 1 aromatic heterocycles. The minimum atomic E-state index is -0.136. The highest BCUT2D eigenvalue weighted by Gasteiger charge is 2.08. The maximum atomic E-state index is 11.3. The molecular formula is C11H10Cl2N2O. The van der Waals surface area contributed by atoms with Gasteiger partial charge in [0, 0.05) is 16.8 Å². The number of nitrogens with one attached hydrogen (secondary N) is 1. The van der Waals surface area contributed by atoms with Crippen molar-refractivity contribution >= 4 is 23.2 Å². The Balaban J connectivity index is 2.62. The quantitative estimate of drug-likeness (QED) is 0.882. The highest BCUT2D eigenvalue weighted by atomic mass is 35.5. The normalized spacial score (nSPS) is 10.7. The molecule has 5 heteroatoms. The third-order valence-electron chi connectivity index (χ3n) is 2.32. The minimum Gasteiger partial charge on any atom is -0.268 e. The van der Waals surface area contributed by atoms with Gasteiger partial charge in [-0.1, -0.05) is 30.1 Å². The lowest BCUT2D eigenvalue weighted by Gasteiger charge is -2.08. The zero-order valence-corrected chi connectivity index (χ0v) is 10.1. The average Bonchev–Trinajstić information content (AvgIpc) is 2.59. The van der Waals surface area contributed by atoms with E-state index in [-0.39, 0.29) is 5.56 Å². The summed E-state index contributed by atoms with van der Waals surface area (Å²) in [6.07, 6.45) is 0.748. The third-order valence-corrected chi connectivity index (χ3v) is 2.86. The summed E-state index contributed by atoms with van der Waals surface area (Å²) in [5.41, 5.74) is 1.47. The maximum Gasteiger partial charge on any atom is 0.264 e. The number of halogens is 2. The summed E-state index contributed by atoms with van der Waals surface area (Å²) >= 11 is 11.9. The summed E-state index contributed by atoms with van der Waals surface area (Å²) < 4.78 is 1.68. The van der Waals surface area contributed by atoms with E-state index in [1.165, 1.54) is 0 Å². The Bertz CT molecular complexity index is 572. The van der Waals surface area contributed by atoms with Gasteiger partial charge in [-0.2, -0.15) is 0 Å². The summed E-state index contributed by atoms with van der Waals surface area (Å²) in [7, 11) is 0. The maximum absolute atomic E-state index is 11.3. The van der Waals surface area contributed by atoms with E-state index in [1.54, 1.807) is 28.9 Å². The molecule has 1 aromatic carbocycles. The van der Waals surface area contributed by atoms with Gasteiger partial charge in [0.25, 0.3) is 5.56 Å². The Morgan fingerprint density at radius 3 is 2.69 bits per heavy atom. The number of aromatic nitrogens is 2. The number of aromatic amines is 1. The minimum absolute atomic E-state index is 0.136. The van der Waals surface area contributed by atoms with E-state index < -0.39 is 0 Å². The fourth-order valence-electron chi connectivity index (χ4n) is 1.57. The number of nitrogens with zero attached hydrogens (tertiary/aromatic N) is 1. The van der Waals surface area contributed by atoms with Crippen LogP contribution in [-0.4, -0.2) is 9.78 Å². The topological polar surface area (TPSA) is 37.8 Å². The number of hydrogen-bond acceptors (Lipinski definition) is 1. The van der Waals surface area contributed by atoms with Crippen molar-refractivity contribution in [1.29, 1.82) is 0 Å². The molecule has 3 nitrogen and oxygen atoms in total. The summed E-state index contributed by atoms with van der Waals surface area (Å²) in [5, 5.41) is 3.78. The molecule has 0 atom stereocenters. The van der Waals surface area contributed by atoms with Crippen LogP contribution >= 0.6 is 23.2 Å². The number of hydrogen-bond donors (Lipinski definition) is 1. The van der Waals surface area contributed by atoms with E-state index in [2.05, 4.69) is 5.10 Å². The average molecular weight is 257 g/mol. The monoisotopic (exact) mass is 256 g/mol. The Kier molecular flexibility index (Phi) is 3.08. The van der Waals surface area contributed by atoms with Crippen LogP contribution in [0.15, 0.2) is 29.1 Å². The van der Waals surface area contributed by atoms with Crippen LogP contribution in [0.1, 0.15) is 12.6 Å². The van der Waals surface area contributed by atoms with Crippen molar-refractivity contribution in [3.05, 3.63) is 50.4 Å². The fourth-order valence-corrected chi connectivity index (χ4v) is 2.06. The van der Waals surface area contributed by atoms with Gasteiger partial charge < -0.3 is 0 Å². The summed E-state index contributed by atoms with van der Waals surface area (Å²) in [5.74, 6) is 0. The van der Waals surface area contributed by atoms with Gasteiger partial charge >= 0.3 is 0 Å². The van der Waals surface area contributed by atoms with Crippen molar-refractivity contribution in [2.75, 3.05) is 0 Å². The zero-order chi connectivity index (χ0) is 11.7. The predicted octanol–water partition coefficient (Wildman–Crippen LogP) is 3.03. The van der Waals surface area contributed by atoms with Crippen LogP contribution in [-0.2, 0) is 6.42 Å². The molecule has 2 aromatic rings. The lowest BCUT2D eigenvalue weighted by Crippen LogP contribution is -2.05. The van der Waals surface area contributed by atoms with Crippen molar-refractivity contribution < 1.29 is 0 Å². The molecule has 84 valence electrons. The first kappa shape index (κ1) is 11.3. The van der Waals surface area contributed by atoms with E-state index in [1.807, 2.05) is 6.92 Å². The van der Waals surface area contributed by atoms with E-state index in [0.717, 1.165) is 17.8 Å².